The molecule has 0 N–H and O–H groups in total. The predicted molar refractivity (Wildman–Crippen MR) is 59.2 cm³/mol. The summed E-state index contributed by atoms with van der Waals surface area (Å²) < 4.78 is 0.533. The van der Waals surface area contributed by atoms with Crippen LogP contribution in [0.5, 0.6) is 0 Å². The van der Waals surface area contributed by atoms with Gasteiger partial charge in [-0.3, -0.25) is 0 Å². The summed E-state index contributed by atoms with van der Waals surface area (Å²) in [6.07, 6.45) is 4.20. The molecule has 0 bridgehead atoms. The lowest BCUT2D eigenvalue weighted by Gasteiger charge is -2.32. The zero-order chi connectivity index (χ0) is 8.70. The molecule has 2 atom stereocenters. The first-order valence-corrected chi connectivity index (χ1v) is 5.66. The Balaban J connectivity index is 2.72. The molecule has 0 amide bonds. The molecular weight excluding hydrogens is 247 g/mol. The molecule has 0 heterocycles. The first kappa shape index (κ1) is 9.82. The molecular formula is C10H19I. The summed E-state index contributed by atoms with van der Waals surface area (Å²) in [5.41, 5.74) is 0.550. The Morgan fingerprint density at radius 1 is 1.27 bits per heavy atom. The first-order valence-electron chi connectivity index (χ1n) is 4.58. The Hall–Kier alpha value is 0.730. The molecule has 0 saturated heterocycles. The van der Waals surface area contributed by atoms with Crippen LogP contribution in [-0.4, -0.2) is 3.42 Å². The summed E-state index contributed by atoms with van der Waals surface area (Å²) in [6, 6.07) is 0. The minimum atomic E-state index is 0.533. The average Bonchev–Trinajstić information content (AvgIpc) is 2.03. The van der Waals surface area contributed by atoms with Crippen molar-refractivity contribution in [2.45, 2.75) is 50.4 Å². The number of hydrogen-bond acceptors (Lipinski definition) is 0. The van der Waals surface area contributed by atoms with Crippen LogP contribution in [0.1, 0.15) is 47.0 Å². The molecule has 0 aromatic carbocycles. The summed E-state index contributed by atoms with van der Waals surface area (Å²) in [7, 11) is 0. The second-order valence-electron chi connectivity index (χ2n) is 4.76. The number of hydrogen-bond donors (Lipinski definition) is 0. The van der Waals surface area contributed by atoms with Gasteiger partial charge in [-0.2, -0.15) is 0 Å². The topological polar surface area (TPSA) is 0 Å². The van der Waals surface area contributed by atoms with E-state index in [2.05, 4.69) is 50.3 Å². The van der Waals surface area contributed by atoms with Crippen LogP contribution in [0, 0.1) is 11.3 Å². The predicted octanol–water partition coefficient (Wildman–Crippen LogP) is 4.03. The second-order valence-corrected chi connectivity index (χ2v) is 7.14. The molecule has 1 fully saturated rings. The van der Waals surface area contributed by atoms with Crippen LogP contribution < -0.4 is 0 Å². The largest absolute Gasteiger partial charge is 0.0786 e. The fraction of sp³-hybridized carbons (Fsp3) is 1.00. The minimum absolute atomic E-state index is 0.533. The van der Waals surface area contributed by atoms with E-state index in [9.17, 15) is 0 Å². The fourth-order valence-corrected chi connectivity index (χ4v) is 2.96. The Kier molecular flexibility index (Phi) is 2.58. The van der Waals surface area contributed by atoms with Crippen LogP contribution in [0.25, 0.3) is 0 Å². The normalized spacial score (nSPS) is 42.8. The third-order valence-electron chi connectivity index (χ3n) is 3.46. The average molecular weight is 266 g/mol. The summed E-state index contributed by atoms with van der Waals surface area (Å²) in [5, 5.41) is 0. The highest BCUT2D eigenvalue weighted by molar-refractivity contribution is 14.1. The van der Waals surface area contributed by atoms with Crippen LogP contribution in [0.2, 0.25) is 0 Å². The molecule has 0 aromatic rings. The second kappa shape index (κ2) is 2.90. The lowest BCUT2D eigenvalue weighted by atomic mass is 9.83. The lowest BCUT2D eigenvalue weighted by molar-refractivity contribution is 0.320. The van der Waals surface area contributed by atoms with Crippen LogP contribution in [0.15, 0.2) is 0 Å². The van der Waals surface area contributed by atoms with E-state index in [1.165, 1.54) is 19.3 Å². The summed E-state index contributed by atoms with van der Waals surface area (Å²) in [6.45, 7) is 9.55. The van der Waals surface area contributed by atoms with Gasteiger partial charge in [0.15, 0.2) is 0 Å². The van der Waals surface area contributed by atoms with Gasteiger partial charge in [-0.05, 0) is 24.2 Å². The van der Waals surface area contributed by atoms with Gasteiger partial charge >= 0.3 is 0 Å². The van der Waals surface area contributed by atoms with E-state index in [4.69, 9.17) is 0 Å². The van der Waals surface area contributed by atoms with Crippen LogP contribution >= 0.6 is 22.6 Å². The molecule has 1 heteroatoms. The maximum atomic E-state index is 2.65. The van der Waals surface area contributed by atoms with Crippen molar-refractivity contribution in [2.24, 2.45) is 11.3 Å². The van der Waals surface area contributed by atoms with Crippen molar-refractivity contribution in [1.82, 2.24) is 0 Å². The van der Waals surface area contributed by atoms with E-state index in [-0.39, 0.29) is 0 Å². The maximum absolute atomic E-state index is 2.65. The number of alkyl halides is 1. The van der Waals surface area contributed by atoms with Crippen molar-refractivity contribution in [1.29, 1.82) is 0 Å². The SMILES string of the molecule is CCC1CC(C)(C)C(C)(I)C1. The monoisotopic (exact) mass is 266 g/mol. The molecule has 1 aliphatic rings. The highest BCUT2D eigenvalue weighted by Crippen LogP contribution is 2.54. The molecule has 2 unspecified atom stereocenters. The van der Waals surface area contributed by atoms with E-state index < -0.39 is 0 Å². The molecule has 0 spiro atoms. The van der Waals surface area contributed by atoms with Gasteiger partial charge in [0.2, 0.25) is 0 Å². The molecule has 66 valence electrons. The molecule has 0 nitrogen and oxygen atoms in total. The van der Waals surface area contributed by atoms with E-state index in [0.717, 1.165) is 5.92 Å². The highest BCUT2D eigenvalue weighted by Gasteiger charge is 2.46. The molecule has 0 radical (unpaired) electrons. The van der Waals surface area contributed by atoms with Crippen molar-refractivity contribution < 1.29 is 0 Å². The van der Waals surface area contributed by atoms with Crippen molar-refractivity contribution in [3.63, 3.8) is 0 Å². The van der Waals surface area contributed by atoms with Gasteiger partial charge in [0.25, 0.3) is 0 Å². The third kappa shape index (κ3) is 1.73. The molecule has 1 saturated carbocycles. The van der Waals surface area contributed by atoms with E-state index in [1.807, 2.05) is 0 Å². The smallest absolute Gasteiger partial charge is 0.0247 e. The van der Waals surface area contributed by atoms with Crippen molar-refractivity contribution in [3.05, 3.63) is 0 Å². The Morgan fingerprint density at radius 3 is 2.00 bits per heavy atom. The third-order valence-corrected chi connectivity index (χ3v) is 5.36. The summed E-state index contributed by atoms with van der Waals surface area (Å²) in [4.78, 5) is 0. The highest BCUT2D eigenvalue weighted by atomic mass is 127. The van der Waals surface area contributed by atoms with Gasteiger partial charge in [-0.25, -0.2) is 0 Å². The van der Waals surface area contributed by atoms with E-state index in [0.29, 0.717) is 8.84 Å². The van der Waals surface area contributed by atoms with Gasteiger partial charge in [0.1, 0.15) is 0 Å². The number of halogens is 1. The standard InChI is InChI=1S/C10H19I/c1-5-8-6-9(2,3)10(4,11)7-8/h8H,5-7H2,1-4H3. The summed E-state index contributed by atoms with van der Waals surface area (Å²) >= 11 is 2.65. The number of rotatable bonds is 1. The molecule has 1 aliphatic carbocycles. The lowest BCUT2D eigenvalue weighted by Crippen LogP contribution is -2.29. The Labute approximate surface area is 84.3 Å². The van der Waals surface area contributed by atoms with Gasteiger partial charge in [0.05, 0.1) is 0 Å². The van der Waals surface area contributed by atoms with Crippen LogP contribution in [0.3, 0.4) is 0 Å². The fourth-order valence-electron chi connectivity index (χ4n) is 2.11. The van der Waals surface area contributed by atoms with E-state index in [1.54, 1.807) is 0 Å². The molecule has 11 heavy (non-hydrogen) atoms. The van der Waals surface area contributed by atoms with Crippen molar-refractivity contribution in [2.75, 3.05) is 0 Å². The van der Waals surface area contributed by atoms with Gasteiger partial charge in [0, 0.05) is 3.42 Å². The quantitative estimate of drug-likeness (QED) is 0.496. The van der Waals surface area contributed by atoms with Gasteiger partial charge < -0.3 is 0 Å². The summed E-state index contributed by atoms with van der Waals surface area (Å²) in [5.74, 6) is 0.979. The minimum Gasteiger partial charge on any atom is -0.0786 e. The Morgan fingerprint density at radius 2 is 1.82 bits per heavy atom. The van der Waals surface area contributed by atoms with Crippen molar-refractivity contribution >= 4 is 22.6 Å². The van der Waals surface area contributed by atoms with Gasteiger partial charge in [-0.15, -0.1) is 0 Å². The van der Waals surface area contributed by atoms with Crippen LogP contribution in [-0.2, 0) is 0 Å². The first-order chi connectivity index (χ1) is 4.89. The van der Waals surface area contributed by atoms with Gasteiger partial charge in [-0.1, -0.05) is 56.7 Å². The molecule has 1 rings (SSSR count). The van der Waals surface area contributed by atoms with E-state index >= 15 is 0 Å². The maximum Gasteiger partial charge on any atom is 0.0247 e. The molecule has 0 aromatic heterocycles. The van der Waals surface area contributed by atoms with Crippen molar-refractivity contribution in [3.8, 4) is 0 Å². The zero-order valence-electron chi connectivity index (χ0n) is 8.08. The zero-order valence-corrected chi connectivity index (χ0v) is 10.2. The van der Waals surface area contributed by atoms with Crippen LogP contribution in [0.4, 0.5) is 0 Å². The Bertz CT molecular complexity index is 131. The molecule has 0 aliphatic heterocycles.